The van der Waals surface area contributed by atoms with Crippen molar-refractivity contribution in [3.63, 3.8) is 0 Å². The van der Waals surface area contributed by atoms with Crippen molar-refractivity contribution in [2.45, 2.75) is 31.2 Å². The number of nitrogens with zero attached hydrogens (tertiary/aromatic N) is 2. The van der Waals surface area contributed by atoms with Crippen LogP contribution in [0, 0.1) is 6.92 Å². The molecular formula is C27H24N4O4S. The van der Waals surface area contributed by atoms with Crippen LogP contribution in [0.5, 0.6) is 0 Å². The number of H-pyrrole nitrogens is 1. The molecule has 4 aromatic rings. The molecule has 1 aliphatic heterocycles. The standard InChI is InChI=1S/C27H24N4O4S/c1-17-13-25(32)30-26(28-17)19-7-6-8-22(16-19)29-27(33)20-11-12-24-21(15-20)14-18(2)31(24)36(34,35)23-9-4-3-5-10-23/h3-13,15-16,18H,14H2,1-2H3,(H,29,33)(H,28,30,32)/t18-/m1/s1. The molecule has 0 fully saturated rings. The summed E-state index contributed by atoms with van der Waals surface area (Å²) in [6, 6.07) is 21.6. The van der Waals surface area contributed by atoms with E-state index < -0.39 is 10.0 Å². The van der Waals surface area contributed by atoms with E-state index in [0.29, 0.717) is 40.4 Å². The third kappa shape index (κ3) is 4.40. The first-order valence-electron chi connectivity index (χ1n) is 11.4. The maximum absolute atomic E-state index is 13.3. The fourth-order valence-corrected chi connectivity index (χ4v) is 6.19. The van der Waals surface area contributed by atoms with Crippen LogP contribution < -0.4 is 15.2 Å². The Hall–Kier alpha value is -4.24. The van der Waals surface area contributed by atoms with E-state index in [1.807, 2.05) is 6.92 Å². The molecule has 1 amide bonds. The number of hydrogen-bond donors (Lipinski definition) is 2. The van der Waals surface area contributed by atoms with Crippen molar-refractivity contribution >= 4 is 27.3 Å². The molecule has 8 nitrogen and oxygen atoms in total. The molecule has 36 heavy (non-hydrogen) atoms. The molecule has 0 aliphatic carbocycles. The van der Waals surface area contributed by atoms with Crippen LogP contribution in [0.15, 0.2) is 88.6 Å². The first kappa shape index (κ1) is 23.5. The average molecular weight is 501 g/mol. The molecule has 9 heteroatoms. The molecule has 0 spiro atoms. The molecule has 1 atom stereocenters. The van der Waals surface area contributed by atoms with Crippen molar-refractivity contribution in [2.24, 2.45) is 0 Å². The zero-order valence-corrected chi connectivity index (χ0v) is 20.5. The molecule has 5 rings (SSSR count). The smallest absolute Gasteiger partial charge is 0.264 e. The minimum atomic E-state index is -3.72. The highest BCUT2D eigenvalue weighted by Gasteiger charge is 2.36. The molecule has 0 bridgehead atoms. The SMILES string of the molecule is Cc1cc(=O)[nH]c(-c2cccc(NC(=O)c3ccc4c(c3)C[C@@H](C)N4S(=O)(=O)c3ccccc3)c2)n1. The largest absolute Gasteiger partial charge is 0.322 e. The summed E-state index contributed by atoms with van der Waals surface area (Å²) in [4.78, 5) is 32.1. The predicted molar refractivity (Wildman–Crippen MR) is 139 cm³/mol. The zero-order valence-electron chi connectivity index (χ0n) is 19.7. The first-order chi connectivity index (χ1) is 17.2. The Kier molecular flexibility index (Phi) is 5.93. The summed E-state index contributed by atoms with van der Waals surface area (Å²) in [6.45, 7) is 3.60. The van der Waals surface area contributed by atoms with Gasteiger partial charge in [0.25, 0.3) is 21.5 Å². The Balaban J connectivity index is 1.40. The number of carbonyl (C=O) groups is 1. The lowest BCUT2D eigenvalue weighted by Crippen LogP contribution is -2.35. The molecular weight excluding hydrogens is 476 g/mol. The van der Waals surface area contributed by atoms with Crippen LogP contribution >= 0.6 is 0 Å². The van der Waals surface area contributed by atoms with Gasteiger partial charge in [-0.1, -0.05) is 30.3 Å². The Morgan fingerprint density at radius 3 is 2.56 bits per heavy atom. The van der Waals surface area contributed by atoms with Crippen LogP contribution in [-0.4, -0.2) is 30.3 Å². The second-order valence-corrected chi connectivity index (χ2v) is 10.6. The van der Waals surface area contributed by atoms with Gasteiger partial charge < -0.3 is 10.3 Å². The van der Waals surface area contributed by atoms with Crippen molar-refractivity contribution in [2.75, 3.05) is 9.62 Å². The Labute approximate surface area is 208 Å². The number of hydrogen-bond acceptors (Lipinski definition) is 5. The number of rotatable bonds is 5. The summed E-state index contributed by atoms with van der Waals surface area (Å²) < 4.78 is 28.0. The van der Waals surface area contributed by atoms with Crippen LogP contribution in [0.4, 0.5) is 11.4 Å². The summed E-state index contributed by atoms with van der Waals surface area (Å²) in [7, 11) is -3.72. The van der Waals surface area contributed by atoms with Crippen molar-refractivity contribution < 1.29 is 13.2 Å². The summed E-state index contributed by atoms with van der Waals surface area (Å²) in [5.41, 5.74) is 3.36. The summed E-state index contributed by atoms with van der Waals surface area (Å²) in [5, 5.41) is 2.88. The summed E-state index contributed by atoms with van der Waals surface area (Å²) >= 11 is 0. The van der Waals surface area contributed by atoms with Crippen LogP contribution in [0.3, 0.4) is 0 Å². The lowest BCUT2D eigenvalue weighted by Gasteiger charge is -2.24. The summed E-state index contributed by atoms with van der Waals surface area (Å²) in [5.74, 6) is 0.0972. The monoisotopic (exact) mass is 500 g/mol. The van der Waals surface area contributed by atoms with Gasteiger partial charge >= 0.3 is 0 Å². The zero-order chi connectivity index (χ0) is 25.4. The van der Waals surface area contributed by atoms with Gasteiger partial charge in [-0.15, -0.1) is 0 Å². The lowest BCUT2D eigenvalue weighted by atomic mass is 10.1. The molecule has 0 radical (unpaired) electrons. The molecule has 182 valence electrons. The van der Waals surface area contributed by atoms with Crippen molar-refractivity contribution in [3.8, 4) is 11.4 Å². The maximum Gasteiger partial charge on any atom is 0.264 e. The molecule has 2 N–H and O–H groups in total. The average Bonchev–Trinajstić information content (AvgIpc) is 3.19. The number of fused-ring (bicyclic) bond motifs is 1. The van der Waals surface area contributed by atoms with E-state index >= 15 is 0 Å². The normalized spacial score (nSPS) is 14.9. The molecule has 0 saturated heterocycles. The van der Waals surface area contributed by atoms with Crippen LogP contribution in [0.1, 0.15) is 28.5 Å². The van der Waals surface area contributed by atoms with Crippen LogP contribution in [0.25, 0.3) is 11.4 Å². The van der Waals surface area contributed by atoms with Crippen LogP contribution in [-0.2, 0) is 16.4 Å². The van der Waals surface area contributed by atoms with E-state index in [9.17, 15) is 18.0 Å². The Morgan fingerprint density at radius 2 is 1.81 bits per heavy atom. The number of nitrogens with one attached hydrogen (secondary N) is 2. The number of aromatic amines is 1. The van der Waals surface area contributed by atoms with E-state index in [1.54, 1.807) is 79.7 Å². The molecule has 0 unspecified atom stereocenters. The van der Waals surface area contributed by atoms with Crippen molar-refractivity contribution in [3.05, 3.63) is 106 Å². The minimum absolute atomic E-state index is 0.232. The van der Waals surface area contributed by atoms with E-state index in [-0.39, 0.29) is 22.4 Å². The third-order valence-electron chi connectivity index (χ3n) is 6.06. The van der Waals surface area contributed by atoms with Gasteiger partial charge in [-0.25, -0.2) is 13.4 Å². The minimum Gasteiger partial charge on any atom is -0.322 e. The van der Waals surface area contributed by atoms with Gasteiger partial charge in [0.05, 0.1) is 10.6 Å². The van der Waals surface area contributed by atoms with E-state index in [1.165, 1.54) is 10.4 Å². The molecule has 2 heterocycles. The predicted octanol–water partition coefficient (Wildman–Crippen LogP) is 4.14. The number of aryl methyl sites for hydroxylation is 1. The molecule has 1 aromatic heterocycles. The van der Waals surface area contributed by atoms with Gasteiger partial charge in [-0.05, 0) is 68.3 Å². The molecule has 0 saturated carbocycles. The highest BCUT2D eigenvalue weighted by Crippen LogP contribution is 2.37. The number of anilines is 2. The fourth-order valence-electron chi connectivity index (χ4n) is 4.48. The van der Waals surface area contributed by atoms with E-state index in [4.69, 9.17) is 0 Å². The summed E-state index contributed by atoms with van der Waals surface area (Å²) in [6.07, 6.45) is 0.504. The van der Waals surface area contributed by atoms with E-state index in [2.05, 4.69) is 15.3 Å². The fraction of sp³-hybridized carbons (Fsp3) is 0.148. The van der Waals surface area contributed by atoms with Gasteiger partial charge in [0.2, 0.25) is 0 Å². The topological polar surface area (TPSA) is 112 Å². The van der Waals surface area contributed by atoms with Gasteiger partial charge in [-0.3, -0.25) is 13.9 Å². The second-order valence-electron chi connectivity index (χ2n) is 8.78. The number of carbonyl (C=O) groups excluding carboxylic acids is 1. The number of benzene rings is 3. The second kappa shape index (κ2) is 9.09. The van der Waals surface area contributed by atoms with Gasteiger partial charge in [-0.2, -0.15) is 0 Å². The highest BCUT2D eigenvalue weighted by molar-refractivity contribution is 7.92. The van der Waals surface area contributed by atoms with Gasteiger partial charge in [0, 0.05) is 34.6 Å². The Morgan fingerprint density at radius 1 is 1.03 bits per heavy atom. The van der Waals surface area contributed by atoms with Crippen LogP contribution in [0.2, 0.25) is 0 Å². The molecule has 1 aliphatic rings. The lowest BCUT2D eigenvalue weighted by molar-refractivity contribution is 0.102. The van der Waals surface area contributed by atoms with E-state index in [0.717, 1.165) is 5.56 Å². The van der Waals surface area contributed by atoms with Gasteiger partial charge in [0.1, 0.15) is 5.82 Å². The van der Waals surface area contributed by atoms with Gasteiger partial charge in [0.15, 0.2) is 0 Å². The number of sulfonamides is 1. The number of aromatic nitrogens is 2. The molecule has 3 aromatic carbocycles. The first-order valence-corrected chi connectivity index (χ1v) is 12.9. The highest BCUT2D eigenvalue weighted by atomic mass is 32.2. The Bertz CT molecular complexity index is 1630. The maximum atomic E-state index is 13.3. The third-order valence-corrected chi connectivity index (χ3v) is 8.00. The van der Waals surface area contributed by atoms with Crippen molar-refractivity contribution in [1.29, 1.82) is 0 Å². The quantitative estimate of drug-likeness (QED) is 0.428. The number of amides is 1. The van der Waals surface area contributed by atoms with Crippen molar-refractivity contribution in [1.82, 2.24) is 9.97 Å².